The maximum absolute atomic E-state index is 12.9. The summed E-state index contributed by atoms with van der Waals surface area (Å²) in [5.41, 5.74) is -2.90. The highest BCUT2D eigenvalue weighted by Gasteiger charge is 2.32. The third-order valence-electron chi connectivity index (χ3n) is 4.38. The Morgan fingerprint density at radius 2 is 1.00 bits per heavy atom. The summed E-state index contributed by atoms with van der Waals surface area (Å²) in [7, 11) is -9.02. The first-order chi connectivity index (χ1) is 15.6. The average Bonchev–Trinajstić information content (AvgIpc) is 2.74. The largest absolute Gasteiger partial charge is 0.416 e. The second kappa shape index (κ2) is 8.83. The Balaban J connectivity index is 1.91. The van der Waals surface area contributed by atoms with Crippen LogP contribution in [0.4, 0.5) is 37.7 Å². The predicted octanol–water partition coefficient (Wildman–Crippen LogP) is 5.33. The Kier molecular flexibility index (Phi) is 6.59. The van der Waals surface area contributed by atoms with Gasteiger partial charge in [0.05, 0.1) is 32.3 Å². The number of halogens is 6. The molecule has 3 aromatic carbocycles. The van der Waals surface area contributed by atoms with Crippen molar-refractivity contribution in [1.82, 2.24) is 0 Å². The number of anilines is 2. The van der Waals surface area contributed by atoms with Crippen LogP contribution in [0.25, 0.3) is 0 Å². The zero-order chi connectivity index (χ0) is 25.4. The molecule has 0 amide bonds. The molecule has 0 spiro atoms. The molecule has 3 aromatic rings. The Morgan fingerprint density at radius 3 is 1.47 bits per heavy atom. The van der Waals surface area contributed by atoms with E-state index in [2.05, 4.69) is 4.72 Å². The van der Waals surface area contributed by atoms with Crippen molar-refractivity contribution in [3.8, 4) is 0 Å². The fraction of sp³-hybridized carbons (Fsp3) is 0.100. The molecular formula is C20H14F6N2O4S2. The summed E-state index contributed by atoms with van der Waals surface area (Å²) in [6, 6.07) is 10.5. The zero-order valence-electron chi connectivity index (χ0n) is 16.6. The first-order valence-corrected chi connectivity index (χ1v) is 12.1. The standard InChI is InChI=1S/C20H14F6N2O4S2/c21-19(22,23)13-8-10-15(11-9-13)33(29,30)27-17-6-1-2-7-18(17)28-34(31,32)16-5-3-4-14(12-16)20(24,25)26/h1-12,27-28H. The van der Waals surface area contributed by atoms with Gasteiger partial charge in [-0.05, 0) is 54.6 Å². The van der Waals surface area contributed by atoms with Crippen LogP contribution in [0.1, 0.15) is 11.1 Å². The first kappa shape index (κ1) is 25.4. The second-order valence-corrected chi connectivity index (χ2v) is 10.2. The highest BCUT2D eigenvalue weighted by molar-refractivity contribution is 7.93. The SMILES string of the molecule is O=S(=O)(Nc1ccccc1NS(=O)(=O)c1cccc(C(F)(F)F)c1)c1ccc(C(F)(F)F)cc1. The van der Waals surface area contributed by atoms with Crippen molar-refractivity contribution in [2.75, 3.05) is 9.44 Å². The smallest absolute Gasteiger partial charge is 0.277 e. The predicted molar refractivity (Wildman–Crippen MR) is 111 cm³/mol. The van der Waals surface area contributed by atoms with E-state index < -0.39 is 53.3 Å². The lowest BCUT2D eigenvalue weighted by Crippen LogP contribution is -2.18. The number of hydrogen-bond acceptors (Lipinski definition) is 4. The first-order valence-electron chi connectivity index (χ1n) is 9.09. The molecule has 0 atom stereocenters. The summed E-state index contributed by atoms with van der Waals surface area (Å²) in [6.07, 6.45) is -9.47. The number of benzene rings is 3. The summed E-state index contributed by atoms with van der Waals surface area (Å²) < 4.78 is 131. The zero-order valence-corrected chi connectivity index (χ0v) is 18.3. The minimum Gasteiger partial charge on any atom is -0.277 e. The van der Waals surface area contributed by atoms with Crippen LogP contribution in [0.15, 0.2) is 82.6 Å². The number of nitrogens with one attached hydrogen (secondary N) is 2. The van der Waals surface area contributed by atoms with E-state index in [1.165, 1.54) is 12.1 Å². The van der Waals surface area contributed by atoms with Crippen LogP contribution < -0.4 is 9.44 Å². The van der Waals surface area contributed by atoms with E-state index in [0.29, 0.717) is 24.3 Å². The van der Waals surface area contributed by atoms with Crippen molar-refractivity contribution >= 4 is 31.4 Å². The van der Waals surface area contributed by atoms with Gasteiger partial charge in [-0.15, -0.1) is 0 Å². The van der Waals surface area contributed by atoms with Gasteiger partial charge in [0, 0.05) is 0 Å². The maximum Gasteiger partial charge on any atom is 0.416 e. The van der Waals surface area contributed by atoms with Gasteiger partial charge in [0.1, 0.15) is 0 Å². The van der Waals surface area contributed by atoms with Gasteiger partial charge in [-0.1, -0.05) is 18.2 Å². The molecule has 0 unspecified atom stereocenters. The molecule has 0 aliphatic rings. The van der Waals surface area contributed by atoms with E-state index in [0.717, 1.165) is 36.4 Å². The molecule has 3 rings (SSSR count). The molecule has 0 saturated carbocycles. The number of rotatable bonds is 6. The molecule has 2 N–H and O–H groups in total. The van der Waals surface area contributed by atoms with E-state index in [1.54, 1.807) is 0 Å². The Bertz CT molecular complexity index is 1400. The van der Waals surface area contributed by atoms with Crippen molar-refractivity contribution < 1.29 is 43.2 Å². The summed E-state index contributed by atoms with van der Waals surface area (Å²) in [4.78, 5) is -1.25. The summed E-state index contributed by atoms with van der Waals surface area (Å²) in [6.45, 7) is 0. The Morgan fingerprint density at radius 1 is 0.529 bits per heavy atom. The van der Waals surface area contributed by atoms with Gasteiger partial charge in [0.15, 0.2) is 0 Å². The van der Waals surface area contributed by atoms with Crippen LogP contribution in [-0.4, -0.2) is 16.8 Å². The molecule has 14 heteroatoms. The molecule has 6 nitrogen and oxygen atoms in total. The van der Waals surface area contributed by atoms with E-state index in [4.69, 9.17) is 0 Å². The monoisotopic (exact) mass is 524 g/mol. The fourth-order valence-corrected chi connectivity index (χ4v) is 4.94. The molecule has 0 bridgehead atoms. The van der Waals surface area contributed by atoms with E-state index in [-0.39, 0.29) is 11.4 Å². The molecular weight excluding hydrogens is 510 g/mol. The van der Waals surface area contributed by atoms with E-state index in [9.17, 15) is 43.2 Å². The molecule has 34 heavy (non-hydrogen) atoms. The fourth-order valence-electron chi connectivity index (χ4n) is 2.73. The van der Waals surface area contributed by atoms with Gasteiger partial charge in [-0.2, -0.15) is 26.3 Å². The van der Waals surface area contributed by atoms with Crippen LogP contribution in [0.5, 0.6) is 0 Å². The van der Waals surface area contributed by atoms with Gasteiger partial charge < -0.3 is 0 Å². The Hall–Kier alpha value is -3.26. The molecule has 0 aromatic heterocycles. The normalized spacial score (nSPS) is 12.9. The highest BCUT2D eigenvalue weighted by atomic mass is 32.2. The summed E-state index contributed by atoms with van der Waals surface area (Å²) in [5.74, 6) is 0. The summed E-state index contributed by atoms with van der Waals surface area (Å²) >= 11 is 0. The molecule has 0 heterocycles. The minimum absolute atomic E-state index is 0.307. The minimum atomic E-state index is -4.79. The molecule has 0 radical (unpaired) electrons. The van der Waals surface area contributed by atoms with Crippen molar-refractivity contribution in [2.24, 2.45) is 0 Å². The molecule has 0 aliphatic carbocycles. The van der Waals surface area contributed by atoms with Gasteiger partial charge in [0.25, 0.3) is 20.0 Å². The van der Waals surface area contributed by atoms with Gasteiger partial charge in [-0.25, -0.2) is 16.8 Å². The number of alkyl halides is 6. The molecule has 0 saturated heterocycles. The van der Waals surface area contributed by atoms with Crippen LogP contribution >= 0.6 is 0 Å². The van der Waals surface area contributed by atoms with Crippen molar-refractivity contribution in [3.05, 3.63) is 83.9 Å². The van der Waals surface area contributed by atoms with Crippen molar-refractivity contribution in [1.29, 1.82) is 0 Å². The van der Waals surface area contributed by atoms with Crippen molar-refractivity contribution in [2.45, 2.75) is 22.1 Å². The third-order valence-corrected chi connectivity index (χ3v) is 7.12. The van der Waals surface area contributed by atoms with Crippen LogP contribution in [-0.2, 0) is 32.4 Å². The van der Waals surface area contributed by atoms with E-state index in [1.807, 2.05) is 4.72 Å². The maximum atomic E-state index is 12.9. The van der Waals surface area contributed by atoms with Gasteiger partial charge >= 0.3 is 12.4 Å². The lowest BCUT2D eigenvalue weighted by atomic mass is 10.2. The highest BCUT2D eigenvalue weighted by Crippen LogP contribution is 2.33. The van der Waals surface area contributed by atoms with Gasteiger partial charge in [0.2, 0.25) is 0 Å². The van der Waals surface area contributed by atoms with E-state index >= 15 is 0 Å². The van der Waals surface area contributed by atoms with Gasteiger partial charge in [-0.3, -0.25) is 9.44 Å². The van der Waals surface area contributed by atoms with Crippen molar-refractivity contribution in [3.63, 3.8) is 0 Å². The summed E-state index contributed by atoms with van der Waals surface area (Å²) in [5, 5.41) is 0. The number of sulfonamides is 2. The van der Waals surface area contributed by atoms with Crippen LogP contribution in [0.3, 0.4) is 0 Å². The Labute approximate surface area is 190 Å². The topological polar surface area (TPSA) is 92.3 Å². The van der Waals surface area contributed by atoms with Crippen LogP contribution in [0, 0.1) is 0 Å². The third kappa shape index (κ3) is 5.80. The lowest BCUT2D eigenvalue weighted by Gasteiger charge is -2.15. The molecule has 0 fully saturated rings. The molecule has 0 aliphatic heterocycles. The number of para-hydroxylation sites is 2. The average molecular weight is 524 g/mol. The quantitative estimate of drug-likeness (QED) is 0.427. The lowest BCUT2D eigenvalue weighted by molar-refractivity contribution is -0.138. The second-order valence-electron chi connectivity index (χ2n) is 6.80. The van der Waals surface area contributed by atoms with Crippen LogP contribution in [0.2, 0.25) is 0 Å². The molecule has 182 valence electrons. The number of hydrogen-bond donors (Lipinski definition) is 2.